The van der Waals surface area contributed by atoms with Gasteiger partial charge in [0.1, 0.15) is 0 Å². The Hall–Kier alpha value is -1.21. The molecule has 1 aromatic carbocycles. The van der Waals surface area contributed by atoms with Crippen LogP contribution in [0.2, 0.25) is 0 Å². The molecule has 2 aromatic rings. The van der Waals surface area contributed by atoms with Gasteiger partial charge in [-0.2, -0.15) is 0 Å². The Balaban J connectivity index is 1.81. The first-order valence-corrected chi connectivity index (χ1v) is 16.9. The Morgan fingerprint density at radius 1 is 0.789 bits per heavy atom. The standard InChI is InChI=1S/C30H55N4O3P/c1-2-3-4-5-6-7-8-9-10-13-24-36-38(35,26-23-34(21-14-19-31)22-15-20-32)37-25-18-28-27-33-30-17-12-11-16-29(28)30/h11-12,16-17,27,33H,2-10,13-15,18-26,31-32H2,1H3. The lowest BCUT2D eigenvalue weighted by Crippen LogP contribution is -2.31. The number of nitrogens with two attached hydrogens (primary N) is 2. The molecular weight excluding hydrogens is 495 g/mol. The van der Waals surface area contributed by atoms with Gasteiger partial charge in [-0.3, -0.25) is 4.57 Å². The molecule has 0 saturated carbocycles. The molecular formula is C30H55N4O3P. The van der Waals surface area contributed by atoms with Crippen LogP contribution in [0.25, 0.3) is 10.9 Å². The molecule has 5 N–H and O–H groups in total. The molecule has 38 heavy (non-hydrogen) atoms. The van der Waals surface area contributed by atoms with Crippen molar-refractivity contribution in [2.75, 3.05) is 52.1 Å². The number of hydrogen-bond acceptors (Lipinski definition) is 6. The monoisotopic (exact) mass is 550 g/mol. The second-order valence-electron chi connectivity index (χ2n) is 10.4. The van der Waals surface area contributed by atoms with Crippen LogP contribution in [0, 0.1) is 0 Å². The third-order valence-electron chi connectivity index (χ3n) is 7.17. The number of aromatic nitrogens is 1. The van der Waals surface area contributed by atoms with E-state index in [0.29, 0.717) is 45.4 Å². The van der Waals surface area contributed by atoms with Crippen molar-refractivity contribution in [2.45, 2.75) is 90.4 Å². The Kier molecular flexibility index (Phi) is 17.9. The number of nitrogens with zero attached hydrogens (tertiary/aromatic N) is 1. The summed E-state index contributed by atoms with van der Waals surface area (Å²) in [5.41, 5.74) is 13.8. The molecule has 2 rings (SSSR count). The van der Waals surface area contributed by atoms with Crippen LogP contribution in [-0.2, 0) is 20.0 Å². The highest BCUT2D eigenvalue weighted by Crippen LogP contribution is 2.48. The molecule has 0 fully saturated rings. The van der Waals surface area contributed by atoms with Gasteiger partial charge in [0.25, 0.3) is 0 Å². The fourth-order valence-electron chi connectivity index (χ4n) is 4.82. The molecule has 7 nitrogen and oxygen atoms in total. The number of benzene rings is 1. The van der Waals surface area contributed by atoms with Crippen molar-refractivity contribution in [2.24, 2.45) is 11.5 Å². The maximum atomic E-state index is 13.8. The zero-order valence-corrected chi connectivity index (χ0v) is 24.9. The Labute approximate surface area is 231 Å². The summed E-state index contributed by atoms with van der Waals surface area (Å²) in [5, 5.41) is 1.19. The number of aromatic amines is 1. The van der Waals surface area contributed by atoms with E-state index >= 15 is 0 Å². The van der Waals surface area contributed by atoms with Crippen molar-refractivity contribution in [1.82, 2.24) is 9.88 Å². The molecule has 0 aliphatic rings. The van der Waals surface area contributed by atoms with Gasteiger partial charge in [0.15, 0.2) is 0 Å². The maximum Gasteiger partial charge on any atom is 0.331 e. The number of fused-ring (bicyclic) bond motifs is 1. The first kappa shape index (κ1) is 33.0. The van der Waals surface area contributed by atoms with Crippen LogP contribution in [0.1, 0.15) is 89.5 Å². The van der Waals surface area contributed by atoms with E-state index in [1.807, 2.05) is 18.3 Å². The molecule has 0 radical (unpaired) electrons. The lowest BCUT2D eigenvalue weighted by atomic mass is 10.1. The van der Waals surface area contributed by atoms with Gasteiger partial charge in [0.2, 0.25) is 0 Å². The molecule has 1 aromatic heterocycles. The van der Waals surface area contributed by atoms with Crippen LogP contribution in [0.4, 0.5) is 0 Å². The average Bonchev–Trinajstić information content (AvgIpc) is 3.34. The van der Waals surface area contributed by atoms with Gasteiger partial charge in [-0.15, -0.1) is 0 Å². The molecule has 8 heteroatoms. The van der Waals surface area contributed by atoms with Crippen molar-refractivity contribution >= 4 is 18.5 Å². The normalized spacial score (nSPS) is 13.5. The minimum atomic E-state index is -3.21. The number of para-hydroxylation sites is 1. The second kappa shape index (κ2) is 20.7. The lowest BCUT2D eigenvalue weighted by Gasteiger charge is -2.25. The predicted molar refractivity (Wildman–Crippen MR) is 162 cm³/mol. The summed E-state index contributed by atoms with van der Waals surface area (Å²) in [6.45, 7) is 6.85. The number of nitrogens with one attached hydrogen (secondary N) is 1. The SMILES string of the molecule is CCCCCCCCCCCCOP(=O)(CCN(CCCN)CCCN)OCCc1c[nH]c2ccccc12. The zero-order chi connectivity index (χ0) is 27.3. The lowest BCUT2D eigenvalue weighted by molar-refractivity contribution is 0.196. The van der Waals surface area contributed by atoms with E-state index < -0.39 is 7.60 Å². The fraction of sp³-hybridized carbons (Fsp3) is 0.733. The number of unbranched alkanes of at least 4 members (excludes halogenated alkanes) is 9. The summed E-state index contributed by atoms with van der Waals surface area (Å²) in [4.78, 5) is 5.60. The van der Waals surface area contributed by atoms with E-state index in [4.69, 9.17) is 20.5 Å². The van der Waals surface area contributed by atoms with Crippen molar-refractivity contribution in [3.05, 3.63) is 36.0 Å². The molecule has 1 heterocycles. The quantitative estimate of drug-likeness (QED) is 0.0921. The fourth-order valence-corrected chi connectivity index (χ4v) is 6.46. The van der Waals surface area contributed by atoms with E-state index in [1.165, 1.54) is 62.3 Å². The predicted octanol–water partition coefficient (Wildman–Crippen LogP) is 6.86. The van der Waals surface area contributed by atoms with Gasteiger partial charge in [-0.25, -0.2) is 0 Å². The van der Waals surface area contributed by atoms with Crippen LogP contribution in [0.3, 0.4) is 0 Å². The van der Waals surface area contributed by atoms with Crippen molar-refractivity contribution in [3.8, 4) is 0 Å². The second-order valence-corrected chi connectivity index (χ2v) is 12.6. The Bertz CT molecular complexity index is 883. The van der Waals surface area contributed by atoms with Gasteiger partial charge in [0, 0.05) is 23.6 Å². The maximum absolute atomic E-state index is 13.8. The molecule has 0 aliphatic heterocycles. The molecule has 1 atom stereocenters. The Morgan fingerprint density at radius 2 is 1.39 bits per heavy atom. The summed E-state index contributed by atoms with van der Waals surface area (Å²) < 4.78 is 25.9. The van der Waals surface area contributed by atoms with Gasteiger partial charge in [-0.05, 0) is 63.5 Å². The minimum Gasteiger partial charge on any atom is -0.361 e. The smallest absolute Gasteiger partial charge is 0.331 e. The van der Waals surface area contributed by atoms with Gasteiger partial charge in [0.05, 0.1) is 19.4 Å². The first-order valence-electron chi connectivity index (χ1n) is 15.2. The molecule has 0 amide bonds. The summed E-state index contributed by atoms with van der Waals surface area (Å²) >= 11 is 0. The highest BCUT2D eigenvalue weighted by molar-refractivity contribution is 7.53. The number of H-pyrrole nitrogens is 1. The third-order valence-corrected chi connectivity index (χ3v) is 9.07. The highest BCUT2D eigenvalue weighted by Gasteiger charge is 2.25. The van der Waals surface area contributed by atoms with Gasteiger partial charge < -0.3 is 30.4 Å². The van der Waals surface area contributed by atoms with Crippen LogP contribution >= 0.6 is 7.60 Å². The zero-order valence-electron chi connectivity index (χ0n) is 24.0. The topological polar surface area (TPSA) is 107 Å². The van der Waals surface area contributed by atoms with Crippen molar-refractivity contribution in [1.29, 1.82) is 0 Å². The average molecular weight is 551 g/mol. The molecule has 0 saturated heterocycles. The molecule has 0 bridgehead atoms. The van der Waals surface area contributed by atoms with Gasteiger partial charge in [-0.1, -0.05) is 82.9 Å². The summed E-state index contributed by atoms with van der Waals surface area (Å²) in [5.74, 6) is 0. The van der Waals surface area contributed by atoms with Crippen LogP contribution in [-0.4, -0.2) is 62.0 Å². The Morgan fingerprint density at radius 3 is 2.05 bits per heavy atom. The van der Waals surface area contributed by atoms with E-state index in [-0.39, 0.29) is 0 Å². The molecule has 0 spiro atoms. The number of rotatable bonds is 25. The van der Waals surface area contributed by atoms with Crippen molar-refractivity contribution < 1.29 is 13.6 Å². The van der Waals surface area contributed by atoms with Crippen LogP contribution in [0.15, 0.2) is 30.5 Å². The molecule has 1 unspecified atom stereocenters. The first-order chi connectivity index (χ1) is 18.6. The van der Waals surface area contributed by atoms with E-state index in [2.05, 4.69) is 28.9 Å². The van der Waals surface area contributed by atoms with E-state index in [0.717, 1.165) is 44.3 Å². The summed E-state index contributed by atoms with van der Waals surface area (Å²) in [7, 11) is -3.21. The van der Waals surface area contributed by atoms with Crippen LogP contribution in [0.5, 0.6) is 0 Å². The third kappa shape index (κ3) is 13.7. The minimum absolute atomic E-state index is 0.378. The van der Waals surface area contributed by atoms with Gasteiger partial charge >= 0.3 is 7.60 Å². The number of hydrogen-bond donors (Lipinski definition) is 3. The summed E-state index contributed by atoms with van der Waals surface area (Å²) in [6.07, 6.45) is 17.5. The summed E-state index contributed by atoms with van der Waals surface area (Å²) in [6, 6.07) is 8.24. The molecule has 218 valence electrons. The van der Waals surface area contributed by atoms with Crippen molar-refractivity contribution in [3.63, 3.8) is 0 Å². The van der Waals surface area contributed by atoms with Crippen LogP contribution < -0.4 is 11.5 Å². The molecule has 0 aliphatic carbocycles. The highest BCUT2D eigenvalue weighted by atomic mass is 31.2. The van der Waals surface area contributed by atoms with E-state index in [1.54, 1.807) is 0 Å². The van der Waals surface area contributed by atoms with E-state index in [9.17, 15) is 4.57 Å². The largest absolute Gasteiger partial charge is 0.361 e.